The number of ether oxygens (including phenoxy) is 2. The molecule has 3 heteroatoms. The molecule has 0 aromatic heterocycles. The fourth-order valence-corrected chi connectivity index (χ4v) is 2.53. The van der Waals surface area contributed by atoms with E-state index in [1.54, 1.807) is 0 Å². The van der Waals surface area contributed by atoms with Crippen LogP contribution in [0.1, 0.15) is 40.5 Å². The molecule has 2 rings (SSSR count). The van der Waals surface area contributed by atoms with E-state index in [-0.39, 0.29) is 11.2 Å². The Hall–Kier alpha value is -0.410. The zero-order valence-electron chi connectivity index (χ0n) is 9.35. The van der Waals surface area contributed by atoms with Crippen LogP contribution in [0.15, 0.2) is 0 Å². The first kappa shape index (κ1) is 10.1. The third kappa shape index (κ3) is 1.15. The van der Waals surface area contributed by atoms with Crippen LogP contribution in [0.5, 0.6) is 0 Å². The smallest absolute Gasteiger partial charge is 0.206 e. The number of rotatable bonds is 2. The van der Waals surface area contributed by atoms with Crippen LogP contribution in [0, 0.1) is 5.41 Å². The molecule has 2 aliphatic rings. The maximum absolute atomic E-state index is 11.8. The maximum atomic E-state index is 11.8. The van der Waals surface area contributed by atoms with Gasteiger partial charge in [-0.1, -0.05) is 13.8 Å². The highest BCUT2D eigenvalue weighted by molar-refractivity contribution is 5.92. The Bertz CT molecular complexity index is 284. The lowest BCUT2D eigenvalue weighted by Crippen LogP contribution is -2.44. The van der Waals surface area contributed by atoms with Crippen molar-refractivity contribution in [3.8, 4) is 0 Å². The molecule has 0 aromatic carbocycles. The minimum atomic E-state index is -0.654. The van der Waals surface area contributed by atoms with Crippen molar-refractivity contribution in [1.82, 2.24) is 0 Å². The van der Waals surface area contributed by atoms with Crippen LogP contribution in [-0.4, -0.2) is 23.8 Å². The zero-order valence-corrected chi connectivity index (χ0v) is 9.35. The summed E-state index contributed by atoms with van der Waals surface area (Å²) in [6, 6.07) is 0. The molecule has 0 spiro atoms. The Labute approximate surface area is 84.8 Å². The van der Waals surface area contributed by atoms with Crippen LogP contribution in [0.4, 0.5) is 0 Å². The van der Waals surface area contributed by atoms with Crippen molar-refractivity contribution in [2.24, 2.45) is 5.41 Å². The van der Waals surface area contributed by atoms with Gasteiger partial charge in [-0.3, -0.25) is 4.79 Å². The molecular weight excluding hydrogens is 180 g/mol. The second kappa shape index (κ2) is 2.58. The molecule has 0 bridgehead atoms. The van der Waals surface area contributed by atoms with Crippen LogP contribution in [0.2, 0.25) is 0 Å². The largest absolute Gasteiger partial charge is 0.347 e. The first-order chi connectivity index (χ1) is 6.35. The van der Waals surface area contributed by atoms with Crippen LogP contribution in [0.25, 0.3) is 0 Å². The van der Waals surface area contributed by atoms with Crippen molar-refractivity contribution in [2.45, 2.75) is 51.9 Å². The van der Waals surface area contributed by atoms with Crippen molar-refractivity contribution in [3.05, 3.63) is 0 Å². The fourth-order valence-electron chi connectivity index (χ4n) is 2.53. The number of fused-ring (bicyclic) bond motifs is 1. The number of Topliss-reactive ketones (excluding diaryl/α,β-unsaturated/α-hetero) is 1. The van der Waals surface area contributed by atoms with Gasteiger partial charge in [0, 0.05) is 19.4 Å². The molecule has 14 heavy (non-hydrogen) atoms. The van der Waals surface area contributed by atoms with Gasteiger partial charge in [-0.25, -0.2) is 0 Å². The van der Waals surface area contributed by atoms with Crippen molar-refractivity contribution in [1.29, 1.82) is 0 Å². The van der Waals surface area contributed by atoms with E-state index in [0.29, 0.717) is 13.0 Å². The normalized spacial score (nSPS) is 44.7. The van der Waals surface area contributed by atoms with Gasteiger partial charge in [-0.2, -0.15) is 0 Å². The summed E-state index contributed by atoms with van der Waals surface area (Å²) in [6.45, 7) is 8.56. The van der Waals surface area contributed by atoms with E-state index in [1.807, 2.05) is 13.8 Å². The minimum absolute atomic E-state index is 0.00225. The van der Waals surface area contributed by atoms with Crippen LogP contribution < -0.4 is 0 Å². The average Bonchev–Trinajstić information content (AvgIpc) is 2.55. The Morgan fingerprint density at radius 1 is 1.43 bits per heavy atom. The van der Waals surface area contributed by atoms with Gasteiger partial charge in [0.1, 0.15) is 0 Å². The second-order valence-electron chi connectivity index (χ2n) is 5.26. The molecule has 1 saturated carbocycles. The van der Waals surface area contributed by atoms with Gasteiger partial charge in [-0.05, 0) is 19.3 Å². The van der Waals surface area contributed by atoms with E-state index >= 15 is 0 Å². The molecule has 0 radical (unpaired) electrons. The van der Waals surface area contributed by atoms with Crippen LogP contribution >= 0.6 is 0 Å². The van der Waals surface area contributed by atoms with E-state index < -0.39 is 11.4 Å². The maximum Gasteiger partial charge on any atom is 0.206 e. The SMILES string of the molecule is CCOC12CC(C)(C)CC(=O)C1(C)O2. The summed E-state index contributed by atoms with van der Waals surface area (Å²) in [7, 11) is 0. The number of carbonyl (C=O) groups excluding carboxylic acids is 1. The molecule has 2 fully saturated rings. The van der Waals surface area contributed by atoms with E-state index in [4.69, 9.17) is 9.47 Å². The summed E-state index contributed by atoms with van der Waals surface area (Å²) in [5.74, 6) is -0.428. The van der Waals surface area contributed by atoms with E-state index in [1.165, 1.54) is 0 Å². The monoisotopic (exact) mass is 198 g/mol. The molecule has 80 valence electrons. The highest BCUT2D eigenvalue weighted by atomic mass is 16.8. The van der Waals surface area contributed by atoms with Gasteiger partial charge in [0.05, 0.1) is 0 Å². The molecule has 1 aliphatic carbocycles. The predicted molar refractivity (Wildman–Crippen MR) is 51.9 cm³/mol. The quantitative estimate of drug-likeness (QED) is 0.636. The molecule has 0 N–H and O–H groups in total. The van der Waals surface area contributed by atoms with Gasteiger partial charge >= 0.3 is 0 Å². The number of hydrogen-bond acceptors (Lipinski definition) is 3. The molecule has 1 aliphatic heterocycles. The molecule has 3 nitrogen and oxygen atoms in total. The Morgan fingerprint density at radius 2 is 2.07 bits per heavy atom. The van der Waals surface area contributed by atoms with E-state index in [2.05, 4.69) is 13.8 Å². The topological polar surface area (TPSA) is 38.8 Å². The molecule has 1 heterocycles. The average molecular weight is 198 g/mol. The number of ketones is 1. The van der Waals surface area contributed by atoms with Crippen molar-refractivity contribution in [2.75, 3.05) is 6.61 Å². The predicted octanol–water partition coefficient (Wildman–Crippen LogP) is 1.90. The zero-order chi connectivity index (χ0) is 10.6. The van der Waals surface area contributed by atoms with Gasteiger partial charge in [0.2, 0.25) is 5.79 Å². The Morgan fingerprint density at radius 3 is 2.64 bits per heavy atom. The lowest BCUT2D eigenvalue weighted by molar-refractivity contribution is -0.131. The standard InChI is InChI=1S/C11H18O3/c1-5-13-11-7-9(2,3)6-8(12)10(11,4)14-11/h5-7H2,1-4H3. The van der Waals surface area contributed by atoms with Crippen molar-refractivity contribution >= 4 is 5.78 Å². The molecule has 2 unspecified atom stereocenters. The summed E-state index contributed by atoms with van der Waals surface area (Å²) in [5.41, 5.74) is -0.652. The third-order valence-corrected chi connectivity index (χ3v) is 3.31. The number of epoxide rings is 1. The van der Waals surface area contributed by atoms with E-state index in [9.17, 15) is 4.79 Å². The highest BCUT2D eigenvalue weighted by Gasteiger charge is 2.76. The number of carbonyl (C=O) groups is 1. The lowest BCUT2D eigenvalue weighted by Gasteiger charge is -2.33. The summed E-state index contributed by atoms with van der Waals surface area (Å²) in [5, 5.41) is 0. The first-order valence-corrected chi connectivity index (χ1v) is 5.23. The second-order valence-corrected chi connectivity index (χ2v) is 5.26. The van der Waals surface area contributed by atoms with Crippen LogP contribution in [-0.2, 0) is 14.3 Å². The van der Waals surface area contributed by atoms with E-state index in [0.717, 1.165) is 6.42 Å². The van der Waals surface area contributed by atoms with Gasteiger partial charge in [0.15, 0.2) is 11.4 Å². The summed E-state index contributed by atoms with van der Waals surface area (Å²) in [6.07, 6.45) is 1.41. The highest BCUT2D eigenvalue weighted by Crippen LogP contribution is 2.60. The Balaban J connectivity index is 2.25. The molecule has 1 saturated heterocycles. The van der Waals surface area contributed by atoms with Gasteiger partial charge < -0.3 is 9.47 Å². The Kier molecular flexibility index (Phi) is 1.87. The molecule has 0 amide bonds. The van der Waals surface area contributed by atoms with Crippen LogP contribution in [0.3, 0.4) is 0 Å². The summed E-state index contributed by atoms with van der Waals surface area (Å²) >= 11 is 0. The molecule has 2 atom stereocenters. The van der Waals surface area contributed by atoms with Gasteiger partial charge in [-0.15, -0.1) is 0 Å². The fraction of sp³-hybridized carbons (Fsp3) is 0.909. The molecular formula is C11H18O3. The van der Waals surface area contributed by atoms with Gasteiger partial charge in [0.25, 0.3) is 0 Å². The summed E-state index contributed by atoms with van der Waals surface area (Å²) in [4.78, 5) is 11.8. The van der Waals surface area contributed by atoms with Crippen molar-refractivity contribution in [3.63, 3.8) is 0 Å². The minimum Gasteiger partial charge on any atom is -0.347 e. The lowest BCUT2D eigenvalue weighted by atomic mass is 9.71. The summed E-state index contributed by atoms with van der Waals surface area (Å²) < 4.78 is 11.2. The third-order valence-electron chi connectivity index (χ3n) is 3.31. The first-order valence-electron chi connectivity index (χ1n) is 5.23. The van der Waals surface area contributed by atoms with Crippen molar-refractivity contribution < 1.29 is 14.3 Å². The number of hydrogen-bond donors (Lipinski definition) is 0. The molecule has 0 aromatic rings.